The van der Waals surface area contributed by atoms with Crippen LogP contribution in [0, 0.1) is 0 Å². The largest absolute Gasteiger partial charge is 0.493 e. The van der Waals surface area contributed by atoms with Crippen molar-refractivity contribution in [1.82, 2.24) is 9.80 Å². The van der Waals surface area contributed by atoms with Crippen molar-refractivity contribution in [3.63, 3.8) is 0 Å². The topological polar surface area (TPSA) is 59.1 Å². The standard InChI is InChI=1S/C22H25ClN2O4/c1-28-19-9-3-16(15-20(19)29-2)4-10-21(26)24-11-13-25(14-12-24)22(27)17-5-7-18(23)8-6-17/h3,5-9,15H,4,10-14H2,1-2H3. The molecule has 0 spiro atoms. The minimum Gasteiger partial charge on any atom is -0.493 e. The van der Waals surface area contributed by atoms with Crippen molar-refractivity contribution in [3.05, 3.63) is 58.6 Å². The Morgan fingerprint density at radius 3 is 2.14 bits per heavy atom. The molecule has 0 aliphatic carbocycles. The van der Waals surface area contributed by atoms with Gasteiger partial charge in [0.2, 0.25) is 5.91 Å². The SMILES string of the molecule is COc1ccc(CCC(=O)N2CCN(C(=O)c3ccc(Cl)cc3)CC2)cc1OC. The number of methoxy groups -OCH3 is 2. The van der Waals surface area contributed by atoms with Crippen LogP contribution in [0.5, 0.6) is 11.5 Å². The molecule has 0 bridgehead atoms. The molecule has 2 aromatic rings. The summed E-state index contributed by atoms with van der Waals surface area (Å²) in [6.45, 7) is 2.15. The van der Waals surface area contributed by atoms with Crippen molar-refractivity contribution < 1.29 is 19.1 Å². The zero-order chi connectivity index (χ0) is 20.8. The van der Waals surface area contributed by atoms with Gasteiger partial charge in [-0.3, -0.25) is 9.59 Å². The molecular weight excluding hydrogens is 392 g/mol. The molecule has 7 heteroatoms. The van der Waals surface area contributed by atoms with E-state index in [1.165, 1.54) is 0 Å². The van der Waals surface area contributed by atoms with E-state index >= 15 is 0 Å². The molecule has 1 fully saturated rings. The number of ether oxygens (including phenoxy) is 2. The molecule has 0 N–H and O–H groups in total. The van der Waals surface area contributed by atoms with Gasteiger partial charge in [-0.15, -0.1) is 0 Å². The number of aryl methyl sites for hydroxylation is 1. The van der Waals surface area contributed by atoms with E-state index in [2.05, 4.69) is 0 Å². The number of rotatable bonds is 6. The van der Waals surface area contributed by atoms with Gasteiger partial charge < -0.3 is 19.3 Å². The summed E-state index contributed by atoms with van der Waals surface area (Å²) in [5.41, 5.74) is 1.63. The third kappa shape index (κ3) is 5.21. The second-order valence-electron chi connectivity index (χ2n) is 6.87. The van der Waals surface area contributed by atoms with Crippen LogP contribution in [-0.4, -0.2) is 62.0 Å². The van der Waals surface area contributed by atoms with Crippen LogP contribution in [0.3, 0.4) is 0 Å². The van der Waals surface area contributed by atoms with Crippen molar-refractivity contribution in [2.24, 2.45) is 0 Å². The average molecular weight is 417 g/mol. The third-order valence-electron chi connectivity index (χ3n) is 5.09. The van der Waals surface area contributed by atoms with Crippen molar-refractivity contribution >= 4 is 23.4 Å². The molecule has 0 aromatic heterocycles. The lowest BCUT2D eigenvalue weighted by Gasteiger charge is -2.35. The number of hydrogen-bond acceptors (Lipinski definition) is 4. The first-order valence-corrected chi connectivity index (χ1v) is 9.93. The lowest BCUT2D eigenvalue weighted by atomic mass is 10.1. The summed E-state index contributed by atoms with van der Waals surface area (Å²) in [4.78, 5) is 28.8. The molecule has 154 valence electrons. The Kier molecular flexibility index (Phi) is 6.99. The molecule has 0 atom stereocenters. The first kappa shape index (κ1) is 21.0. The lowest BCUT2D eigenvalue weighted by Crippen LogP contribution is -2.50. The van der Waals surface area contributed by atoms with E-state index in [-0.39, 0.29) is 11.8 Å². The summed E-state index contributed by atoms with van der Waals surface area (Å²) in [6, 6.07) is 12.6. The monoisotopic (exact) mass is 416 g/mol. The quantitative estimate of drug-likeness (QED) is 0.725. The fourth-order valence-corrected chi connectivity index (χ4v) is 3.51. The molecule has 1 heterocycles. The van der Waals surface area contributed by atoms with Gasteiger partial charge in [0.05, 0.1) is 14.2 Å². The van der Waals surface area contributed by atoms with E-state index in [9.17, 15) is 9.59 Å². The van der Waals surface area contributed by atoms with Crippen LogP contribution in [0.15, 0.2) is 42.5 Å². The predicted octanol–water partition coefficient (Wildman–Crippen LogP) is 3.27. The zero-order valence-electron chi connectivity index (χ0n) is 16.7. The van der Waals surface area contributed by atoms with Crippen LogP contribution in [0.4, 0.5) is 0 Å². The molecule has 1 aliphatic heterocycles. The Hall–Kier alpha value is -2.73. The molecule has 29 heavy (non-hydrogen) atoms. The number of piperazine rings is 1. The van der Waals surface area contributed by atoms with Gasteiger partial charge in [-0.05, 0) is 48.4 Å². The van der Waals surface area contributed by atoms with Gasteiger partial charge in [0.1, 0.15) is 0 Å². The zero-order valence-corrected chi connectivity index (χ0v) is 17.4. The van der Waals surface area contributed by atoms with E-state index in [0.717, 1.165) is 5.56 Å². The molecule has 1 saturated heterocycles. The number of carbonyl (C=O) groups excluding carboxylic acids is 2. The molecule has 0 unspecified atom stereocenters. The first-order valence-electron chi connectivity index (χ1n) is 9.55. The number of amides is 2. The van der Waals surface area contributed by atoms with Gasteiger partial charge in [-0.1, -0.05) is 17.7 Å². The fourth-order valence-electron chi connectivity index (χ4n) is 3.38. The van der Waals surface area contributed by atoms with E-state index < -0.39 is 0 Å². The molecule has 0 radical (unpaired) electrons. The number of hydrogen-bond donors (Lipinski definition) is 0. The predicted molar refractivity (Wildman–Crippen MR) is 112 cm³/mol. The Morgan fingerprint density at radius 1 is 0.897 bits per heavy atom. The fraction of sp³-hybridized carbons (Fsp3) is 0.364. The first-order chi connectivity index (χ1) is 14.0. The van der Waals surface area contributed by atoms with Gasteiger partial charge in [0, 0.05) is 43.2 Å². The van der Waals surface area contributed by atoms with Crippen LogP contribution in [0.25, 0.3) is 0 Å². The Bertz CT molecular complexity index is 862. The van der Waals surface area contributed by atoms with Crippen LogP contribution >= 0.6 is 11.6 Å². The number of nitrogens with zero attached hydrogens (tertiary/aromatic N) is 2. The highest BCUT2D eigenvalue weighted by Crippen LogP contribution is 2.28. The molecule has 0 saturated carbocycles. The maximum absolute atomic E-state index is 12.6. The van der Waals surface area contributed by atoms with Gasteiger partial charge in [-0.25, -0.2) is 0 Å². The molecule has 6 nitrogen and oxygen atoms in total. The Labute approximate surface area is 176 Å². The maximum atomic E-state index is 12.6. The lowest BCUT2D eigenvalue weighted by molar-refractivity contribution is -0.132. The summed E-state index contributed by atoms with van der Waals surface area (Å²) in [5.74, 6) is 1.40. The van der Waals surface area contributed by atoms with Crippen molar-refractivity contribution in [2.45, 2.75) is 12.8 Å². The van der Waals surface area contributed by atoms with Gasteiger partial charge in [0.25, 0.3) is 5.91 Å². The highest BCUT2D eigenvalue weighted by atomic mass is 35.5. The number of carbonyl (C=O) groups is 2. The number of benzene rings is 2. The normalized spacial score (nSPS) is 13.9. The second-order valence-corrected chi connectivity index (χ2v) is 7.31. The molecular formula is C22H25ClN2O4. The second kappa shape index (κ2) is 9.65. The number of halogens is 1. The summed E-state index contributed by atoms with van der Waals surface area (Å²) in [6.07, 6.45) is 1.05. The van der Waals surface area contributed by atoms with Gasteiger partial charge in [0.15, 0.2) is 11.5 Å². The minimum atomic E-state index is -0.0286. The van der Waals surface area contributed by atoms with Crippen molar-refractivity contribution in [2.75, 3.05) is 40.4 Å². The average Bonchev–Trinajstić information content (AvgIpc) is 2.77. The van der Waals surface area contributed by atoms with Crippen LogP contribution < -0.4 is 9.47 Å². The van der Waals surface area contributed by atoms with E-state index in [0.29, 0.717) is 61.1 Å². The molecule has 2 aromatic carbocycles. The maximum Gasteiger partial charge on any atom is 0.253 e. The Balaban J connectivity index is 1.50. The van der Waals surface area contributed by atoms with Gasteiger partial charge >= 0.3 is 0 Å². The highest BCUT2D eigenvalue weighted by Gasteiger charge is 2.24. The van der Waals surface area contributed by atoms with Gasteiger partial charge in [-0.2, -0.15) is 0 Å². The Morgan fingerprint density at radius 2 is 1.52 bits per heavy atom. The summed E-state index contributed by atoms with van der Waals surface area (Å²) < 4.78 is 10.6. The summed E-state index contributed by atoms with van der Waals surface area (Å²) in [7, 11) is 3.19. The highest BCUT2D eigenvalue weighted by molar-refractivity contribution is 6.30. The molecule has 2 amide bonds. The smallest absolute Gasteiger partial charge is 0.253 e. The van der Waals surface area contributed by atoms with Crippen LogP contribution in [-0.2, 0) is 11.2 Å². The van der Waals surface area contributed by atoms with E-state index in [1.807, 2.05) is 23.1 Å². The third-order valence-corrected chi connectivity index (χ3v) is 5.34. The van der Waals surface area contributed by atoms with Crippen molar-refractivity contribution in [1.29, 1.82) is 0 Å². The van der Waals surface area contributed by atoms with E-state index in [1.54, 1.807) is 43.4 Å². The van der Waals surface area contributed by atoms with Crippen molar-refractivity contribution in [3.8, 4) is 11.5 Å². The summed E-state index contributed by atoms with van der Waals surface area (Å²) >= 11 is 5.88. The molecule has 3 rings (SSSR count). The minimum absolute atomic E-state index is 0.0286. The summed E-state index contributed by atoms with van der Waals surface area (Å²) in [5, 5.41) is 0.603. The molecule has 1 aliphatic rings. The van der Waals surface area contributed by atoms with Crippen LogP contribution in [0.2, 0.25) is 5.02 Å². The van der Waals surface area contributed by atoms with E-state index in [4.69, 9.17) is 21.1 Å². The van der Waals surface area contributed by atoms with Crippen LogP contribution in [0.1, 0.15) is 22.3 Å².